The van der Waals surface area contributed by atoms with Gasteiger partial charge in [0.25, 0.3) is 0 Å². The molecule has 5 rings (SSSR count). The van der Waals surface area contributed by atoms with Gasteiger partial charge in [-0.05, 0) is 18.9 Å². The van der Waals surface area contributed by atoms with Crippen LogP contribution in [0.3, 0.4) is 0 Å². The molecule has 206 valence electrons. The fraction of sp³-hybridized carbons (Fsp3) is 0.259. The van der Waals surface area contributed by atoms with Gasteiger partial charge in [0.1, 0.15) is 29.0 Å². The molecule has 0 aliphatic carbocycles. The summed E-state index contributed by atoms with van der Waals surface area (Å²) < 4.78 is 59.6. The number of hydrogen-bond donors (Lipinski definition) is 2. The standard InChI is InChI=1S/C27H23F4N7O2/c1-40-22-10-18(28)9-20(29)25(22)26-32-7-6-23(36-26)35-24-11-21(37-8-2-3-19(39)15-37)17(13-33-24)5-4-16-12-34-38(14-16)27(30)31/h6-7,9-14,19,27,39H,2-3,8,15H2,1H3,(H,32,33,35,36)/t19-/m0/s1. The van der Waals surface area contributed by atoms with Crippen molar-refractivity contribution in [2.45, 2.75) is 25.5 Å². The predicted octanol–water partition coefficient (Wildman–Crippen LogP) is 4.52. The first-order valence-electron chi connectivity index (χ1n) is 12.2. The number of ether oxygens (including phenoxy) is 1. The second-order valence-electron chi connectivity index (χ2n) is 8.92. The third-order valence-corrected chi connectivity index (χ3v) is 6.14. The first-order valence-corrected chi connectivity index (χ1v) is 12.2. The van der Waals surface area contributed by atoms with Gasteiger partial charge in [0.05, 0.1) is 41.8 Å². The summed E-state index contributed by atoms with van der Waals surface area (Å²) in [5.74, 6) is 4.71. The van der Waals surface area contributed by atoms with Gasteiger partial charge in [0, 0.05) is 49.9 Å². The summed E-state index contributed by atoms with van der Waals surface area (Å²) in [6.07, 6.45) is 6.25. The van der Waals surface area contributed by atoms with Gasteiger partial charge < -0.3 is 20.1 Å². The van der Waals surface area contributed by atoms with E-state index in [9.17, 15) is 22.7 Å². The summed E-state index contributed by atoms with van der Waals surface area (Å²) >= 11 is 0. The highest BCUT2D eigenvalue weighted by atomic mass is 19.3. The smallest absolute Gasteiger partial charge is 0.333 e. The van der Waals surface area contributed by atoms with E-state index >= 15 is 0 Å². The minimum absolute atomic E-state index is 0.0226. The van der Waals surface area contributed by atoms with Crippen LogP contribution in [0.15, 0.2) is 49.1 Å². The lowest BCUT2D eigenvalue weighted by molar-refractivity contribution is 0.0566. The van der Waals surface area contributed by atoms with E-state index in [0.29, 0.717) is 46.8 Å². The van der Waals surface area contributed by atoms with Gasteiger partial charge in [-0.3, -0.25) is 0 Å². The maximum Gasteiger partial charge on any atom is 0.333 e. The molecule has 0 amide bonds. The molecule has 3 aromatic heterocycles. The van der Waals surface area contributed by atoms with Crippen LogP contribution in [0.2, 0.25) is 0 Å². The molecular weight excluding hydrogens is 530 g/mol. The van der Waals surface area contributed by atoms with Gasteiger partial charge in [0.15, 0.2) is 5.82 Å². The number of anilines is 3. The molecular formula is C27H23F4N7O2. The minimum atomic E-state index is -2.77. The second-order valence-corrected chi connectivity index (χ2v) is 8.92. The van der Waals surface area contributed by atoms with E-state index in [1.54, 1.807) is 12.1 Å². The summed E-state index contributed by atoms with van der Waals surface area (Å²) in [5.41, 5.74) is 1.41. The van der Waals surface area contributed by atoms with Crippen molar-refractivity contribution >= 4 is 17.3 Å². The van der Waals surface area contributed by atoms with Crippen molar-refractivity contribution < 1.29 is 27.4 Å². The Hall–Kier alpha value is -4.70. The van der Waals surface area contributed by atoms with Crippen LogP contribution in [-0.4, -0.2) is 56.1 Å². The van der Waals surface area contributed by atoms with E-state index in [-0.39, 0.29) is 23.0 Å². The predicted molar refractivity (Wildman–Crippen MR) is 138 cm³/mol. The normalized spacial score (nSPS) is 15.1. The number of aliphatic hydroxyl groups is 1. The average molecular weight is 554 g/mol. The highest BCUT2D eigenvalue weighted by Gasteiger charge is 2.21. The second kappa shape index (κ2) is 11.6. The first kappa shape index (κ1) is 26.9. The summed E-state index contributed by atoms with van der Waals surface area (Å²) in [6.45, 7) is -1.72. The number of pyridine rings is 1. The van der Waals surface area contributed by atoms with E-state index in [1.165, 1.54) is 25.7 Å². The number of nitrogens with zero attached hydrogens (tertiary/aromatic N) is 6. The highest BCUT2D eigenvalue weighted by molar-refractivity contribution is 5.69. The molecule has 40 heavy (non-hydrogen) atoms. The van der Waals surface area contributed by atoms with Crippen molar-refractivity contribution in [2.24, 2.45) is 0 Å². The van der Waals surface area contributed by atoms with E-state index in [4.69, 9.17) is 4.74 Å². The van der Waals surface area contributed by atoms with Crippen LogP contribution in [0, 0.1) is 23.5 Å². The molecule has 1 aliphatic heterocycles. The van der Waals surface area contributed by atoms with Gasteiger partial charge >= 0.3 is 6.55 Å². The molecule has 4 heterocycles. The Morgan fingerprint density at radius 3 is 2.73 bits per heavy atom. The Morgan fingerprint density at radius 2 is 1.98 bits per heavy atom. The van der Waals surface area contributed by atoms with Gasteiger partial charge in [0.2, 0.25) is 0 Å². The number of hydrogen-bond acceptors (Lipinski definition) is 8. The Morgan fingerprint density at radius 1 is 1.12 bits per heavy atom. The number of aromatic nitrogens is 5. The first-order chi connectivity index (χ1) is 19.3. The molecule has 0 radical (unpaired) electrons. The van der Waals surface area contributed by atoms with Crippen LogP contribution in [0.25, 0.3) is 11.4 Å². The summed E-state index contributed by atoms with van der Waals surface area (Å²) in [7, 11) is 1.29. The number of piperidine rings is 1. The van der Waals surface area contributed by atoms with Crippen LogP contribution in [0.5, 0.6) is 5.75 Å². The van der Waals surface area contributed by atoms with Gasteiger partial charge in [-0.15, -0.1) is 0 Å². The van der Waals surface area contributed by atoms with E-state index in [2.05, 4.69) is 37.2 Å². The summed E-state index contributed by atoms with van der Waals surface area (Å²) in [4.78, 5) is 14.8. The SMILES string of the molecule is COc1cc(F)cc(F)c1-c1nccc(Nc2cc(N3CCC[C@H](O)C3)c(C#Cc3cnn(C(F)F)c3)cn2)n1. The monoisotopic (exact) mass is 553 g/mol. The molecule has 1 atom stereocenters. The third kappa shape index (κ3) is 5.97. The van der Waals surface area contributed by atoms with Crippen molar-refractivity contribution in [3.63, 3.8) is 0 Å². The molecule has 2 N–H and O–H groups in total. The third-order valence-electron chi connectivity index (χ3n) is 6.14. The fourth-order valence-electron chi connectivity index (χ4n) is 4.30. The Balaban J connectivity index is 1.47. The molecule has 1 aliphatic rings. The Labute approximate surface area is 226 Å². The number of nitrogens with one attached hydrogen (secondary N) is 1. The Bertz CT molecular complexity index is 1580. The number of benzene rings is 1. The molecule has 1 saturated heterocycles. The molecule has 4 aromatic rings. The summed E-state index contributed by atoms with van der Waals surface area (Å²) in [6, 6.07) is 5.05. The van der Waals surface area contributed by atoms with Gasteiger partial charge in [-0.2, -0.15) is 13.9 Å². The van der Waals surface area contributed by atoms with Crippen LogP contribution >= 0.6 is 0 Å². The van der Waals surface area contributed by atoms with Crippen molar-refractivity contribution in [3.05, 3.63) is 71.8 Å². The van der Waals surface area contributed by atoms with E-state index in [0.717, 1.165) is 24.8 Å². The molecule has 0 unspecified atom stereocenters. The topological polar surface area (TPSA) is 101 Å². The lowest BCUT2D eigenvalue weighted by atomic mass is 10.1. The van der Waals surface area contributed by atoms with Gasteiger partial charge in [-0.25, -0.2) is 28.4 Å². The van der Waals surface area contributed by atoms with Crippen molar-refractivity contribution in [2.75, 3.05) is 30.4 Å². The maximum atomic E-state index is 14.6. The average Bonchev–Trinajstić information content (AvgIpc) is 3.41. The molecule has 1 fully saturated rings. The number of β-amino-alcohol motifs (C(OH)–C–C–N with tert-alkyl or cyclic N) is 1. The zero-order valence-corrected chi connectivity index (χ0v) is 21.2. The zero-order valence-electron chi connectivity index (χ0n) is 21.2. The molecule has 1 aromatic carbocycles. The fourth-order valence-corrected chi connectivity index (χ4v) is 4.30. The molecule has 9 nitrogen and oxygen atoms in total. The molecule has 0 saturated carbocycles. The lowest BCUT2D eigenvalue weighted by Crippen LogP contribution is -2.38. The number of rotatable bonds is 6. The lowest BCUT2D eigenvalue weighted by Gasteiger charge is -2.32. The highest BCUT2D eigenvalue weighted by Crippen LogP contribution is 2.32. The van der Waals surface area contributed by atoms with Crippen LogP contribution in [0.4, 0.5) is 34.9 Å². The van der Waals surface area contributed by atoms with Gasteiger partial charge in [-0.1, -0.05) is 11.8 Å². The number of aliphatic hydroxyl groups excluding tert-OH is 1. The number of methoxy groups -OCH3 is 1. The van der Waals surface area contributed by atoms with Crippen LogP contribution in [0.1, 0.15) is 30.5 Å². The van der Waals surface area contributed by atoms with E-state index < -0.39 is 24.3 Å². The molecule has 0 bridgehead atoms. The molecule has 0 spiro atoms. The quantitative estimate of drug-likeness (QED) is 0.266. The largest absolute Gasteiger partial charge is 0.496 e. The summed E-state index contributed by atoms with van der Waals surface area (Å²) in [5, 5.41) is 16.9. The zero-order chi connectivity index (χ0) is 28.2. The minimum Gasteiger partial charge on any atom is -0.496 e. The van der Waals surface area contributed by atoms with E-state index in [1.807, 2.05) is 4.90 Å². The van der Waals surface area contributed by atoms with Crippen LogP contribution < -0.4 is 15.0 Å². The van der Waals surface area contributed by atoms with Crippen molar-refractivity contribution in [1.29, 1.82) is 0 Å². The molecule has 13 heteroatoms. The van der Waals surface area contributed by atoms with Crippen LogP contribution in [-0.2, 0) is 0 Å². The van der Waals surface area contributed by atoms with Crippen molar-refractivity contribution in [3.8, 4) is 29.0 Å². The number of alkyl halides is 2. The maximum absolute atomic E-state index is 14.6. The Kier molecular flexibility index (Phi) is 7.79. The number of halogens is 4. The van der Waals surface area contributed by atoms with Crippen molar-refractivity contribution in [1.82, 2.24) is 24.7 Å².